The molecule has 0 aromatic heterocycles. The monoisotopic (exact) mass is 635 g/mol. The zero-order valence-corrected chi connectivity index (χ0v) is 25.1. The fraction of sp³-hybridized carbons (Fsp3) is 0.355. The van der Waals surface area contributed by atoms with Gasteiger partial charge in [0, 0.05) is 6.92 Å². The Morgan fingerprint density at radius 3 is 1.69 bits per heavy atom. The van der Waals surface area contributed by atoms with E-state index in [1.54, 1.807) is 0 Å². The van der Waals surface area contributed by atoms with Gasteiger partial charge < -0.3 is 28.4 Å². The number of carbonyl (C=O) groups excluding carboxylic acids is 1. The lowest BCUT2D eigenvalue weighted by Gasteiger charge is -2.45. The van der Waals surface area contributed by atoms with Crippen LogP contribution in [0.25, 0.3) is 0 Å². The minimum Gasteiger partial charge on any atom is -0.457 e. The average molecular weight is 637 g/mol. The minimum absolute atomic E-state index is 0.0402. The maximum absolute atomic E-state index is 12.4. The maximum Gasteiger partial charge on any atom is 0.303 e. The third-order valence-electron chi connectivity index (χ3n) is 6.35. The summed E-state index contributed by atoms with van der Waals surface area (Å²) in [5.41, 5.74) is 2.71. The first-order valence-electron chi connectivity index (χ1n) is 13.3. The highest BCUT2D eigenvalue weighted by atomic mass is 35.6. The molecular weight excluding hydrogens is 605 g/mol. The lowest BCUT2D eigenvalue weighted by atomic mass is 9.98. The first-order chi connectivity index (χ1) is 20.2. The molecule has 1 unspecified atom stereocenters. The predicted molar refractivity (Wildman–Crippen MR) is 159 cm³/mol. The van der Waals surface area contributed by atoms with Crippen LogP contribution in [0, 0.1) is 5.41 Å². The summed E-state index contributed by atoms with van der Waals surface area (Å²) in [6.45, 7) is 1.95. The second kappa shape index (κ2) is 15.7. The molecule has 0 radical (unpaired) electrons. The van der Waals surface area contributed by atoms with E-state index in [-0.39, 0.29) is 19.8 Å². The van der Waals surface area contributed by atoms with E-state index in [0.29, 0.717) is 6.61 Å². The van der Waals surface area contributed by atoms with Gasteiger partial charge in [0.15, 0.2) is 12.2 Å². The van der Waals surface area contributed by atoms with Crippen LogP contribution in [0.2, 0.25) is 0 Å². The third-order valence-corrected chi connectivity index (χ3v) is 6.86. The summed E-state index contributed by atoms with van der Waals surface area (Å²) in [5, 5.41) is 8.21. The van der Waals surface area contributed by atoms with Gasteiger partial charge in [0.1, 0.15) is 12.2 Å². The molecule has 0 saturated carbocycles. The second-order valence-electron chi connectivity index (χ2n) is 9.58. The van der Waals surface area contributed by atoms with E-state index >= 15 is 0 Å². The summed E-state index contributed by atoms with van der Waals surface area (Å²) in [7, 11) is 0. The molecule has 4 rings (SSSR count). The molecule has 0 spiro atoms. The SMILES string of the molecule is CC(=O)O[C@H]1[C@H](OCc2ccccc2)[C@@H](COCc2ccccc2)OC(OC(=N)C(Cl)(Cl)Cl)[C@H]1OCc1ccccc1. The van der Waals surface area contributed by atoms with Crippen molar-refractivity contribution in [3.63, 3.8) is 0 Å². The van der Waals surface area contributed by atoms with Gasteiger partial charge in [-0.2, -0.15) is 0 Å². The summed E-state index contributed by atoms with van der Waals surface area (Å²) in [6.07, 6.45) is -5.04. The van der Waals surface area contributed by atoms with Crippen LogP contribution in [-0.2, 0) is 53.0 Å². The Hall–Kier alpha value is -2.69. The van der Waals surface area contributed by atoms with E-state index < -0.39 is 46.4 Å². The van der Waals surface area contributed by atoms with Gasteiger partial charge in [-0.15, -0.1) is 0 Å². The molecule has 11 heteroatoms. The molecule has 0 amide bonds. The summed E-state index contributed by atoms with van der Waals surface area (Å²) in [5.74, 6) is -1.25. The Morgan fingerprint density at radius 2 is 1.21 bits per heavy atom. The van der Waals surface area contributed by atoms with Crippen LogP contribution in [-0.4, -0.2) is 53.0 Å². The van der Waals surface area contributed by atoms with E-state index in [2.05, 4.69) is 0 Å². The Balaban J connectivity index is 1.63. The number of benzene rings is 3. The van der Waals surface area contributed by atoms with Crippen LogP contribution in [0.15, 0.2) is 91.0 Å². The first kappa shape index (κ1) is 32.2. The highest BCUT2D eigenvalue weighted by molar-refractivity contribution is 6.76. The quantitative estimate of drug-likeness (QED) is 0.106. The fourth-order valence-electron chi connectivity index (χ4n) is 4.39. The third kappa shape index (κ3) is 9.67. The van der Waals surface area contributed by atoms with Crippen LogP contribution >= 0.6 is 34.8 Å². The molecule has 0 bridgehead atoms. The van der Waals surface area contributed by atoms with Crippen molar-refractivity contribution in [2.24, 2.45) is 0 Å². The van der Waals surface area contributed by atoms with Crippen LogP contribution in [0.3, 0.4) is 0 Å². The standard InChI is InChI=1S/C31H32Cl3NO7/c1-21(36)40-27-26(38-18-23-13-7-3-8-14-23)25(20-37-17-22-11-5-2-6-12-22)41-29(42-30(35)31(32,33)34)28(27)39-19-24-15-9-4-10-16-24/h2-16,25-29,35H,17-20H2,1H3/t25-,26-,27+,28+,29?/m1/s1. The van der Waals surface area contributed by atoms with E-state index in [1.165, 1.54) is 6.92 Å². The molecular formula is C31H32Cl3NO7. The summed E-state index contributed by atoms with van der Waals surface area (Å²) < 4.78 is 34.3. The smallest absolute Gasteiger partial charge is 0.303 e. The zero-order chi connectivity index (χ0) is 30.0. The van der Waals surface area contributed by atoms with Gasteiger partial charge in [0.25, 0.3) is 3.79 Å². The number of halogens is 3. The van der Waals surface area contributed by atoms with Crippen molar-refractivity contribution in [1.29, 1.82) is 5.41 Å². The summed E-state index contributed by atoms with van der Waals surface area (Å²) in [6, 6.07) is 28.6. The van der Waals surface area contributed by atoms with Crippen molar-refractivity contribution >= 4 is 46.7 Å². The van der Waals surface area contributed by atoms with Crippen LogP contribution < -0.4 is 0 Å². The van der Waals surface area contributed by atoms with Gasteiger partial charge in [-0.25, -0.2) is 0 Å². The van der Waals surface area contributed by atoms with Gasteiger partial charge in [0.05, 0.1) is 26.4 Å². The number of rotatable bonds is 12. The van der Waals surface area contributed by atoms with Gasteiger partial charge >= 0.3 is 5.97 Å². The molecule has 42 heavy (non-hydrogen) atoms. The number of hydrogen-bond donors (Lipinski definition) is 1. The van der Waals surface area contributed by atoms with Crippen LogP contribution in [0.4, 0.5) is 0 Å². The molecule has 0 aliphatic carbocycles. The van der Waals surface area contributed by atoms with Crippen molar-refractivity contribution in [2.45, 2.75) is 61.2 Å². The van der Waals surface area contributed by atoms with Crippen molar-refractivity contribution in [3.8, 4) is 0 Å². The van der Waals surface area contributed by atoms with Crippen molar-refractivity contribution in [2.75, 3.05) is 6.61 Å². The first-order valence-corrected chi connectivity index (χ1v) is 14.4. The number of carbonyl (C=O) groups is 1. The van der Waals surface area contributed by atoms with Gasteiger partial charge in [0.2, 0.25) is 12.2 Å². The molecule has 1 saturated heterocycles. The maximum atomic E-state index is 12.4. The molecule has 1 N–H and O–H groups in total. The normalized spacial score (nSPS) is 22.3. The highest BCUT2D eigenvalue weighted by Gasteiger charge is 2.52. The van der Waals surface area contributed by atoms with Crippen molar-refractivity contribution < 1.29 is 33.2 Å². The predicted octanol–water partition coefficient (Wildman–Crippen LogP) is 6.39. The van der Waals surface area contributed by atoms with E-state index in [0.717, 1.165) is 16.7 Å². The Kier molecular flexibility index (Phi) is 12.0. The number of hydrogen-bond acceptors (Lipinski definition) is 8. The largest absolute Gasteiger partial charge is 0.457 e. The molecule has 1 fully saturated rings. The highest BCUT2D eigenvalue weighted by Crippen LogP contribution is 2.34. The molecule has 5 atom stereocenters. The fourth-order valence-corrected chi connectivity index (χ4v) is 4.53. The molecule has 8 nitrogen and oxygen atoms in total. The van der Waals surface area contributed by atoms with Gasteiger partial charge in [-0.05, 0) is 16.7 Å². The second-order valence-corrected chi connectivity index (χ2v) is 11.9. The lowest BCUT2D eigenvalue weighted by Crippen LogP contribution is -2.62. The average Bonchev–Trinajstić information content (AvgIpc) is 2.97. The van der Waals surface area contributed by atoms with E-state index in [4.69, 9.17) is 68.6 Å². The molecule has 1 heterocycles. The Bertz CT molecular complexity index is 1260. The zero-order valence-electron chi connectivity index (χ0n) is 22.9. The minimum atomic E-state index is -2.16. The molecule has 3 aromatic rings. The molecule has 1 aliphatic rings. The Labute approximate surface area is 260 Å². The number of ether oxygens (including phenoxy) is 6. The number of nitrogens with one attached hydrogen (secondary N) is 1. The van der Waals surface area contributed by atoms with Crippen LogP contribution in [0.1, 0.15) is 23.6 Å². The van der Waals surface area contributed by atoms with Crippen molar-refractivity contribution in [1.82, 2.24) is 0 Å². The van der Waals surface area contributed by atoms with E-state index in [9.17, 15) is 4.79 Å². The number of alkyl halides is 3. The molecule has 1 aliphatic heterocycles. The summed E-state index contributed by atoms with van der Waals surface area (Å²) in [4.78, 5) is 12.4. The lowest BCUT2D eigenvalue weighted by molar-refractivity contribution is -0.306. The van der Waals surface area contributed by atoms with Crippen LogP contribution in [0.5, 0.6) is 0 Å². The topological polar surface area (TPSA) is 96.3 Å². The molecule has 3 aromatic carbocycles. The Morgan fingerprint density at radius 1 is 0.738 bits per heavy atom. The van der Waals surface area contributed by atoms with E-state index in [1.807, 2.05) is 91.0 Å². The summed E-state index contributed by atoms with van der Waals surface area (Å²) >= 11 is 17.8. The van der Waals surface area contributed by atoms with Crippen molar-refractivity contribution in [3.05, 3.63) is 108 Å². The van der Waals surface area contributed by atoms with Gasteiger partial charge in [-0.1, -0.05) is 126 Å². The van der Waals surface area contributed by atoms with Gasteiger partial charge in [-0.3, -0.25) is 10.2 Å². The molecule has 224 valence electrons. The number of esters is 1.